The molecule has 0 spiro atoms. The second-order valence-electron chi connectivity index (χ2n) is 6.09. The van der Waals surface area contributed by atoms with Crippen LogP contribution < -0.4 is 5.32 Å². The number of amides is 1. The summed E-state index contributed by atoms with van der Waals surface area (Å²) in [6.07, 6.45) is 1.09. The highest BCUT2D eigenvalue weighted by atomic mass is 32.2. The van der Waals surface area contributed by atoms with E-state index in [-0.39, 0.29) is 30.2 Å². The second kappa shape index (κ2) is 6.70. The zero-order valence-electron chi connectivity index (χ0n) is 13.9. The largest absolute Gasteiger partial charge is 0.346 e. The third-order valence-corrected chi connectivity index (χ3v) is 4.55. The molecule has 1 unspecified atom stereocenters. The minimum Gasteiger partial charge on any atom is -0.346 e. The number of imidazole rings is 1. The van der Waals surface area contributed by atoms with E-state index in [0.29, 0.717) is 0 Å². The predicted molar refractivity (Wildman–Crippen MR) is 91.0 cm³/mol. The maximum absolute atomic E-state index is 12.0. The van der Waals surface area contributed by atoms with Crippen LogP contribution in [-0.2, 0) is 14.6 Å². The Bertz CT molecular complexity index is 809. The van der Waals surface area contributed by atoms with Gasteiger partial charge in [0.2, 0.25) is 5.91 Å². The van der Waals surface area contributed by atoms with Crippen LogP contribution in [0.4, 0.5) is 0 Å². The minimum atomic E-state index is -3.14. The zero-order valence-corrected chi connectivity index (χ0v) is 14.7. The normalized spacial score (nSPS) is 13.4. The lowest BCUT2D eigenvalue weighted by Crippen LogP contribution is -2.30. The van der Waals surface area contributed by atoms with Crippen LogP contribution in [0.15, 0.2) is 24.3 Å². The summed E-state index contributed by atoms with van der Waals surface area (Å²) in [5, 5.41) is 2.84. The van der Waals surface area contributed by atoms with Gasteiger partial charge in [0, 0.05) is 18.7 Å². The van der Waals surface area contributed by atoms with E-state index in [1.807, 2.05) is 31.2 Å². The summed E-state index contributed by atoms with van der Waals surface area (Å²) in [5.74, 6) is 0.339. The topological polar surface area (TPSA) is 81.1 Å². The fourth-order valence-electron chi connectivity index (χ4n) is 2.57. The number of carbonyl (C=O) groups excluding carboxylic acids is 1. The summed E-state index contributed by atoms with van der Waals surface area (Å²) >= 11 is 0. The van der Waals surface area contributed by atoms with E-state index in [0.717, 1.165) is 23.1 Å². The number of para-hydroxylation sites is 2. The molecule has 1 aromatic heterocycles. The number of rotatable bonds is 6. The van der Waals surface area contributed by atoms with E-state index in [1.54, 1.807) is 0 Å². The number of sulfone groups is 1. The average molecular weight is 337 g/mol. The molecule has 23 heavy (non-hydrogen) atoms. The Morgan fingerprint density at radius 2 is 1.91 bits per heavy atom. The van der Waals surface area contributed by atoms with Gasteiger partial charge in [-0.1, -0.05) is 12.1 Å². The van der Waals surface area contributed by atoms with Crippen molar-refractivity contribution in [2.45, 2.75) is 39.3 Å². The van der Waals surface area contributed by atoms with Crippen molar-refractivity contribution in [2.24, 2.45) is 0 Å². The van der Waals surface area contributed by atoms with Crippen LogP contribution in [0.3, 0.4) is 0 Å². The highest BCUT2D eigenvalue weighted by molar-refractivity contribution is 7.90. The number of hydrogen-bond donors (Lipinski definition) is 1. The van der Waals surface area contributed by atoms with Crippen LogP contribution >= 0.6 is 0 Å². The highest BCUT2D eigenvalue weighted by Crippen LogP contribution is 2.24. The molecule has 1 amide bonds. The quantitative estimate of drug-likeness (QED) is 0.876. The van der Waals surface area contributed by atoms with Crippen molar-refractivity contribution in [3.63, 3.8) is 0 Å². The first-order chi connectivity index (χ1) is 10.7. The van der Waals surface area contributed by atoms with Gasteiger partial charge in [-0.25, -0.2) is 13.4 Å². The Morgan fingerprint density at radius 3 is 2.52 bits per heavy atom. The summed E-state index contributed by atoms with van der Waals surface area (Å²) in [6.45, 7) is 5.99. The molecule has 0 fully saturated rings. The molecule has 1 atom stereocenters. The maximum atomic E-state index is 12.0. The number of fused-ring (bicyclic) bond motifs is 1. The third-order valence-electron chi connectivity index (χ3n) is 3.60. The zero-order chi connectivity index (χ0) is 17.2. The number of carbonyl (C=O) groups is 1. The van der Waals surface area contributed by atoms with Crippen LogP contribution in [0.1, 0.15) is 45.1 Å². The van der Waals surface area contributed by atoms with Crippen LogP contribution in [0.25, 0.3) is 11.0 Å². The van der Waals surface area contributed by atoms with E-state index in [9.17, 15) is 13.2 Å². The Morgan fingerprint density at radius 1 is 1.26 bits per heavy atom. The summed E-state index contributed by atoms with van der Waals surface area (Å²) in [7, 11) is -3.14. The number of benzene rings is 1. The molecule has 0 aliphatic rings. The van der Waals surface area contributed by atoms with Gasteiger partial charge < -0.3 is 9.88 Å². The molecule has 0 radical (unpaired) electrons. The van der Waals surface area contributed by atoms with Crippen molar-refractivity contribution in [3.8, 4) is 0 Å². The minimum absolute atomic E-state index is 0.0366. The van der Waals surface area contributed by atoms with E-state index in [1.165, 1.54) is 0 Å². The molecule has 2 rings (SSSR count). The SMILES string of the molecule is CC(NC(=O)CCS(C)(=O)=O)c1nc2ccccc2n1C(C)C. The van der Waals surface area contributed by atoms with Gasteiger partial charge in [-0.05, 0) is 32.9 Å². The first kappa shape index (κ1) is 17.5. The summed E-state index contributed by atoms with van der Waals surface area (Å²) < 4.78 is 24.4. The number of aromatic nitrogens is 2. The fraction of sp³-hybridized carbons (Fsp3) is 0.500. The van der Waals surface area contributed by atoms with Gasteiger partial charge in [0.1, 0.15) is 15.7 Å². The van der Waals surface area contributed by atoms with Crippen LogP contribution in [-0.4, -0.2) is 35.9 Å². The van der Waals surface area contributed by atoms with Crippen LogP contribution in [0.5, 0.6) is 0 Å². The van der Waals surface area contributed by atoms with Crippen molar-refractivity contribution in [1.82, 2.24) is 14.9 Å². The molecule has 0 saturated carbocycles. The Labute approximate surface area is 136 Å². The van der Waals surface area contributed by atoms with E-state index < -0.39 is 9.84 Å². The van der Waals surface area contributed by atoms with Gasteiger partial charge in [0.25, 0.3) is 0 Å². The van der Waals surface area contributed by atoms with Gasteiger partial charge in [-0.3, -0.25) is 4.79 Å². The summed E-state index contributed by atoms with van der Waals surface area (Å²) in [6, 6.07) is 7.74. The van der Waals surface area contributed by atoms with Gasteiger partial charge in [-0.2, -0.15) is 0 Å². The lowest BCUT2D eigenvalue weighted by Gasteiger charge is -2.18. The molecule has 1 N–H and O–H groups in total. The number of nitrogens with one attached hydrogen (secondary N) is 1. The molecule has 6 nitrogen and oxygen atoms in total. The highest BCUT2D eigenvalue weighted by Gasteiger charge is 2.20. The number of nitrogens with zero attached hydrogens (tertiary/aromatic N) is 2. The third kappa shape index (κ3) is 4.31. The fourth-order valence-corrected chi connectivity index (χ4v) is 3.12. The van der Waals surface area contributed by atoms with E-state index in [2.05, 4.69) is 28.7 Å². The molecule has 0 aliphatic carbocycles. The predicted octanol–water partition coefficient (Wildman–Crippen LogP) is 2.23. The molecule has 0 bridgehead atoms. The van der Waals surface area contributed by atoms with Gasteiger partial charge >= 0.3 is 0 Å². The lowest BCUT2D eigenvalue weighted by molar-refractivity contribution is -0.121. The maximum Gasteiger partial charge on any atom is 0.221 e. The monoisotopic (exact) mass is 337 g/mol. The van der Waals surface area contributed by atoms with Crippen LogP contribution in [0, 0.1) is 0 Å². The molecule has 0 saturated heterocycles. The molecule has 1 aromatic carbocycles. The van der Waals surface area contributed by atoms with E-state index >= 15 is 0 Å². The van der Waals surface area contributed by atoms with Gasteiger partial charge in [0.05, 0.1) is 22.8 Å². The Kier molecular flexibility index (Phi) is 5.09. The van der Waals surface area contributed by atoms with Gasteiger partial charge in [-0.15, -0.1) is 0 Å². The molecular formula is C16H23N3O3S. The molecule has 126 valence electrons. The Hall–Kier alpha value is -1.89. The second-order valence-corrected chi connectivity index (χ2v) is 8.35. The van der Waals surface area contributed by atoms with Crippen molar-refractivity contribution in [1.29, 1.82) is 0 Å². The standard InChI is InChI=1S/C16H23N3O3S/c1-11(2)19-14-8-6-5-7-13(14)18-16(19)12(3)17-15(20)9-10-23(4,21)22/h5-8,11-12H,9-10H2,1-4H3,(H,17,20). The summed E-state index contributed by atoms with van der Waals surface area (Å²) in [5.41, 5.74) is 1.91. The smallest absolute Gasteiger partial charge is 0.221 e. The van der Waals surface area contributed by atoms with Crippen molar-refractivity contribution < 1.29 is 13.2 Å². The lowest BCUT2D eigenvalue weighted by atomic mass is 10.2. The first-order valence-corrected chi connectivity index (χ1v) is 9.69. The molecule has 7 heteroatoms. The molecular weight excluding hydrogens is 314 g/mol. The van der Waals surface area contributed by atoms with Crippen LogP contribution in [0.2, 0.25) is 0 Å². The average Bonchev–Trinajstić information content (AvgIpc) is 2.84. The first-order valence-electron chi connectivity index (χ1n) is 7.63. The Balaban J connectivity index is 2.22. The van der Waals surface area contributed by atoms with Crippen molar-refractivity contribution in [3.05, 3.63) is 30.1 Å². The van der Waals surface area contributed by atoms with Crippen molar-refractivity contribution >= 4 is 26.8 Å². The molecule has 0 aliphatic heterocycles. The van der Waals surface area contributed by atoms with Gasteiger partial charge in [0.15, 0.2) is 0 Å². The van der Waals surface area contributed by atoms with Crippen molar-refractivity contribution in [2.75, 3.05) is 12.0 Å². The van der Waals surface area contributed by atoms with E-state index in [4.69, 9.17) is 0 Å². The number of hydrogen-bond acceptors (Lipinski definition) is 4. The molecule has 1 heterocycles. The molecule has 2 aromatic rings. The summed E-state index contributed by atoms with van der Waals surface area (Å²) in [4.78, 5) is 16.6.